The van der Waals surface area contributed by atoms with Gasteiger partial charge in [0.1, 0.15) is 18.0 Å². The van der Waals surface area contributed by atoms with Crippen molar-refractivity contribution in [2.45, 2.75) is 39.9 Å². The van der Waals surface area contributed by atoms with Crippen molar-refractivity contribution in [1.29, 1.82) is 0 Å². The third kappa shape index (κ3) is 7.37. The molecule has 1 aromatic rings. The summed E-state index contributed by atoms with van der Waals surface area (Å²) < 4.78 is 17.6. The van der Waals surface area contributed by atoms with Gasteiger partial charge in [-0.3, -0.25) is 0 Å². The normalized spacial score (nSPS) is 10.9. The minimum Gasteiger partial charge on any atom is -0.480 e. The zero-order chi connectivity index (χ0) is 18.5. The molecule has 7 heteroatoms. The first kappa shape index (κ1) is 21.2. The Morgan fingerprint density at radius 1 is 1.17 bits per heavy atom. The second-order valence-corrected chi connectivity index (χ2v) is 8.44. The number of halogens is 2. The number of carbonyl (C=O) groups excluding carboxylic acids is 2. The number of ether oxygens (including phenoxy) is 3. The SMILES string of the molecule is C=C(C)C(=O)OCc1cc(I)c(OCC(=O)OC(C)(C)C)c(I)c1. The largest absolute Gasteiger partial charge is 0.480 e. The molecule has 0 aromatic heterocycles. The number of esters is 2. The number of hydrogen-bond acceptors (Lipinski definition) is 5. The molecule has 1 aromatic carbocycles. The Morgan fingerprint density at radius 2 is 1.71 bits per heavy atom. The summed E-state index contributed by atoms with van der Waals surface area (Å²) in [7, 11) is 0. The fourth-order valence-electron chi connectivity index (χ4n) is 1.61. The molecule has 1 rings (SSSR count). The van der Waals surface area contributed by atoms with E-state index in [1.54, 1.807) is 27.7 Å². The summed E-state index contributed by atoms with van der Waals surface area (Å²) in [5.41, 5.74) is 0.650. The summed E-state index contributed by atoms with van der Waals surface area (Å²) in [4.78, 5) is 23.2. The van der Waals surface area contributed by atoms with Crippen LogP contribution in [0.1, 0.15) is 33.3 Å². The fourth-order valence-corrected chi connectivity index (χ4v) is 3.82. The van der Waals surface area contributed by atoms with Gasteiger partial charge in [0, 0.05) is 5.57 Å². The smallest absolute Gasteiger partial charge is 0.344 e. The molecule has 0 aliphatic rings. The van der Waals surface area contributed by atoms with Crippen LogP contribution in [0.4, 0.5) is 0 Å². The molecule has 0 N–H and O–H groups in total. The van der Waals surface area contributed by atoms with Crippen LogP contribution in [0.5, 0.6) is 5.75 Å². The third-order valence-corrected chi connectivity index (χ3v) is 4.13. The van der Waals surface area contributed by atoms with Crippen molar-refractivity contribution < 1.29 is 23.8 Å². The number of hydrogen-bond donors (Lipinski definition) is 0. The fraction of sp³-hybridized carbons (Fsp3) is 0.412. The summed E-state index contributed by atoms with van der Waals surface area (Å²) in [6.45, 7) is 10.6. The van der Waals surface area contributed by atoms with Gasteiger partial charge in [0.25, 0.3) is 0 Å². The first-order chi connectivity index (χ1) is 11.0. The van der Waals surface area contributed by atoms with Crippen molar-refractivity contribution in [3.8, 4) is 5.75 Å². The van der Waals surface area contributed by atoms with E-state index in [0.717, 1.165) is 12.7 Å². The molecule has 0 spiro atoms. The van der Waals surface area contributed by atoms with Crippen LogP contribution in [-0.2, 0) is 25.7 Å². The Morgan fingerprint density at radius 3 is 2.17 bits per heavy atom. The predicted molar refractivity (Wildman–Crippen MR) is 108 cm³/mol. The van der Waals surface area contributed by atoms with Crippen LogP contribution in [0.15, 0.2) is 24.3 Å². The lowest BCUT2D eigenvalue weighted by Gasteiger charge is -2.20. The van der Waals surface area contributed by atoms with E-state index in [0.29, 0.717) is 11.3 Å². The summed E-state index contributed by atoms with van der Waals surface area (Å²) in [5, 5.41) is 0. The van der Waals surface area contributed by atoms with Crippen LogP contribution in [0.25, 0.3) is 0 Å². The number of carbonyl (C=O) groups is 2. The van der Waals surface area contributed by atoms with Crippen LogP contribution < -0.4 is 4.74 Å². The molecule has 0 radical (unpaired) electrons. The van der Waals surface area contributed by atoms with E-state index < -0.39 is 17.5 Å². The highest BCUT2D eigenvalue weighted by Gasteiger charge is 2.18. The van der Waals surface area contributed by atoms with Crippen molar-refractivity contribution in [3.63, 3.8) is 0 Å². The molecule has 0 saturated heterocycles. The van der Waals surface area contributed by atoms with Gasteiger partial charge in [0.2, 0.25) is 0 Å². The van der Waals surface area contributed by atoms with Crippen LogP contribution in [0, 0.1) is 7.14 Å². The van der Waals surface area contributed by atoms with Gasteiger partial charge in [-0.1, -0.05) is 6.58 Å². The Labute approximate surface area is 169 Å². The molecular weight excluding hydrogens is 538 g/mol. The van der Waals surface area contributed by atoms with Crippen molar-refractivity contribution in [1.82, 2.24) is 0 Å². The molecule has 24 heavy (non-hydrogen) atoms. The molecule has 0 aliphatic carbocycles. The minimum atomic E-state index is -0.544. The first-order valence-electron chi connectivity index (χ1n) is 7.15. The zero-order valence-electron chi connectivity index (χ0n) is 14.1. The molecule has 132 valence electrons. The summed E-state index contributed by atoms with van der Waals surface area (Å²) in [6.07, 6.45) is 0. The maximum atomic E-state index is 11.7. The molecule has 5 nitrogen and oxygen atoms in total. The quantitative estimate of drug-likeness (QED) is 0.297. The van der Waals surface area contributed by atoms with Crippen molar-refractivity contribution >= 4 is 57.1 Å². The van der Waals surface area contributed by atoms with Crippen LogP contribution in [-0.4, -0.2) is 24.1 Å². The van der Waals surface area contributed by atoms with E-state index in [1.807, 2.05) is 12.1 Å². The highest BCUT2D eigenvalue weighted by molar-refractivity contribution is 14.1. The van der Waals surface area contributed by atoms with Gasteiger partial charge in [-0.05, 0) is 90.6 Å². The maximum Gasteiger partial charge on any atom is 0.344 e. The topological polar surface area (TPSA) is 61.8 Å². The van der Waals surface area contributed by atoms with Gasteiger partial charge in [0.15, 0.2) is 6.61 Å². The molecule has 0 saturated carbocycles. The van der Waals surface area contributed by atoms with Crippen molar-refractivity contribution in [3.05, 3.63) is 37.0 Å². The highest BCUT2D eigenvalue weighted by Crippen LogP contribution is 2.29. The van der Waals surface area contributed by atoms with Gasteiger partial charge in [-0.15, -0.1) is 0 Å². The van der Waals surface area contributed by atoms with Crippen LogP contribution >= 0.6 is 45.2 Å². The van der Waals surface area contributed by atoms with E-state index in [9.17, 15) is 9.59 Å². The van der Waals surface area contributed by atoms with Crippen LogP contribution in [0.3, 0.4) is 0 Å². The Balaban J connectivity index is 2.72. The van der Waals surface area contributed by atoms with E-state index in [-0.39, 0.29) is 13.2 Å². The molecule has 0 heterocycles. The average molecular weight is 558 g/mol. The van der Waals surface area contributed by atoms with Gasteiger partial charge in [0.05, 0.1) is 7.14 Å². The Bertz CT molecular complexity index is 624. The monoisotopic (exact) mass is 558 g/mol. The lowest BCUT2D eigenvalue weighted by Crippen LogP contribution is -2.27. The van der Waals surface area contributed by atoms with E-state index in [4.69, 9.17) is 14.2 Å². The molecule has 0 amide bonds. The van der Waals surface area contributed by atoms with Crippen LogP contribution in [0.2, 0.25) is 0 Å². The molecule has 0 unspecified atom stereocenters. The molecule has 0 aliphatic heterocycles. The molecular formula is C17H20I2O5. The third-order valence-electron chi connectivity index (χ3n) is 2.53. The molecule has 0 atom stereocenters. The number of benzene rings is 1. The highest BCUT2D eigenvalue weighted by atomic mass is 127. The van der Waals surface area contributed by atoms with E-state index in [2.05, 4.69) is 51.8 Å². The van der Waals surface area contributed by atoms with Gasteiger partial charge in [-0.25, -0.2) is 9.59 Å². The molecule has 0 fully saturated rings. The summed E-state index contributed by atoms with van der Waals surface area (Å²) >= 11 is 4.23. The van der Waals surface area contributed by atoms with E-state index in [1.165, 1.54) is 0 Å². The van der Waals surface area contributed by atoms with Gasteiger partial charge >= 0.3 is 11.9 Å². The maximum absolute atomic E-state index is 11.7. The van der Waals surface area contributed by atoms with Crippen molar-refractivity contribution in [2.24, 2.45) is 0 Å². The average Bonchev–Trinajstić information content (AvgIpc) is 2.41. The van der Waals surface area contributed by atoms with Gasteiger partial charge < -0.3 is 14.2 Å². The second-order valence-electron chi connectivity index (χ2n) is 6.12. The molecule has 0 bridgehead atoms. The van der Waals surface area contributed by atoms with E-state index >= 15 is 0 Å². The van der Waals surface area contributed by atoms with Gasteiger partial charge in [-0.2, -0.15) is 0 Å². The lowest BCUT2D eigenvalue weighted by atomic mass is 10.2. The van der Waals surface area contributed by atoms with Crippen molar-refractivity contribution in [2.75, 3.05) is 6.61 Å². The Kier molecular flexibility index (Phi) is 7.97. The Hall–Kier alpha value is -0.840. The number of rotatable bonds is 6. The first-order valence-corrected chi connectivity index (χ1v) is 9.30. The summed E-state index contributed by atoms with van der Waals surface area (Å²) in [6, 6.07) is 3.69. The summed E-state index contributed by atoms with van der Waals surface area (Å²) in [5.74, 6) is -0.240. The lowest BCUT2D eigenvalue weighted by molar-refractivity contribution is -0.157. The minimum absolute atomic E-state index is 0.157. The zero-order valence-corrected chi connectivity index (χ0v) is 18.4. The predicted octanol–water partition coefficient (Wildman–Crippen LogP) is 4.24. The second kappa shape index (κ2) is 9.02. The standard InChI is InChI=1S/C17H20I2O5/c1-10(2)16(21)23-8-11-6-12(18)15(13(19)7-11)22-9-14(20)24-17(3,4)5/h6-7H,1,8-9H2,2-5H3.